The molecule has 1 amide bonds. The third-order valence-corrected chi connectivity index (χ3v) is 7.54. The molecule has 0 aliphatic carbocycles. The molecule has 202 valence electrons. The van der Waals surface area contributed by atoms with Gasteiger partial charge in [0.15, 0.2) is 5.13 Å². The Morgan fingerprint density at radius 3 is 2.42 bits per heavy atom. The number of aryl methyl sites for hydroxylation is 2. The molecular formula is C30H23FN2O6S. The number of carbonyl (C=O) groups excluding carboxylic acids is 3. The Bertz CT molecular complexity index is 1680. The number of hydrogen-bond acceptors (Lipinski definition) is 8. The van der Waals surface area contributed by atoms with Gasteiger partial charge in [-0.3, -0.25) is 14.5 Å². The number of methoxy groups -OCH3 is 1. The number of nitrogens with zero attached hydrogens (tertiary/aromatic N) is 2. The van der Waals surface area contributed by atoms with Crippen molar-refractivity contribution in [3.8, 4) is 11.5 Å². The van der Waals surface area contributed by atoms with Gasteiger partial charge in [0.25, 0.3) is 5.78 Å². The van der Waals surface area contributed by atoms with Crippen molar-refractivity contribution in [2.24, 2.45) is 0 Å². The predicted molar refractivity (Wildman–Crippen MR) is 147 cm³/mol. The number of hydrogen-bond donors (Lipinski definition) is 1. The number of para-hydroxylation sites is 1. The summed E-state index contributed by atoms with van der Waals surface area (Å²) in [5.41, 5.74) is 0.877. The minimum Gasteiger partial charge on any atom is -0.507 e. The van der Waals surface area contributed by atoms with Gasteiger partial charge in [-0.05, 0) is 55.3 Å². The van der Waals surface area contributed by atoms with Crippen LogP contribution in [0.1, 0.15) is 38.1 Å². The second-order valence-corrected chi connectivity index (χ2v) is 10.0. The summed E-state index contributed by atoms with van der Waals surface area (Å²) >= 11 is 0.886. The van der Waals surface area contributed by atoms with Gasteiger partial charge in [0.2, 0.25) is 0 Å². The van der Waals surface area contributed by atoms with E-state index in [0.29, 0.717) is 28.3 Å². The van der Waals surface area contributed by atoms with E-state index in [2.05, 4.69) is 4.98 Å². The van der Waals surface area contributed by atoms with E-state index in [1.807, 2.05) is 18.2 Å². The Morgan fingerprint density at radius 2 is 1.73 bits per heavy atom. The van der Waals surface area contributed by atoms with Crippen molar-refractivity contribution in [3.05, 3.63) is 111 Å². The molecule has 10 heteroatoms. The van der Waals surface area contributed by atoms with Crippen molar-refractivity contribution in [2.45, 2.75) is 19.9 Å². The zero-order valence-electron chi connectivity index (χ0n) is 21.7. The third kappa shape index (κ3) is 4.85. The Balaban J connectivity index is 1.69. The fourth-order valence-electron chi connectivity index (χ4n) is 4.38. The quantitative estimate of drug-likeness (QED) is 0.132. The maximum absolute atomic E-state index is 14.4. The molecule has 8 nitrogen and oxygen atoms in total. The van der Waals surface area contributed by atoms with Crippen LogP contribution in [0.3, 0.4) is 0 Å². The number of thiazole rings is 1. The van der Waals surface area contributed by atoms with Crippen molar-refractivity contribution in [2.75, 3.05) is 12.0 Å². The van der Waals surface area contributed by atoms with Crippen LogP contribution >= 0.6 is 11.3 Å². The molecule has 0 spiro atoms. The average Bonchev–Trinajstić information content (AvgIpc) is 3.46. The summed E-state index contributed by atoms with van der Waals surface area (Å²) in [6, 6.07) is 18.6. The molecule has 5 rings (SSSR count). The molecule has 0 saturated carbocycles. The summed E-state index contributed by atoms with van der Waals surface area (Å²) in [5.74, 6) is -2.71. The van der Waals surface area contributed by atoms with Crippen LogP contribution in [-0.2, 0) is 14.3 Å². The van der Waals surface area contributed by atoms with Gasteiger partial charge < -0.3 is 14.6 Å². The molecule has 1 saturated heterocycles. The fourth-order valence-corrected chi connectivity index (χ4v) is 5.39. The minimum atomic E-state index is -1.15. The van der Waals surface area contributed by atoms with E-state index in [4.69, 9.17) is 9.47 Å². The number of benzene rings is 3. The van der Waals surface area contributed by atoms with Crippen molar-refractivity contribution in [3.63, 3.8) is 0 Å². The largest absolute Gasteiger partial charge is 0.507 e. The molecule has 1 atom stereocenters. The first-order valence-electron chi connectivity index (χ1n) is 12.2. The van der Waals surface area contributed by atoms with Crippen molar-refractivity contribution < 1.29 is 33.4 Å². The molecule has 1 aliphatic heterocycles. The SMILES string of the molecule is COC(=O)c1sc(N2C(=O)C(=O)/C(=C(/O)c3ccc(C)c(F)c3)C2c2cccc(Oc3ccccc3)c2)nc1C. The lowest BCUT2D eigenvalue weighted by molar-refractivity contribution is -0.132. The molecule has 3 aromatic carbocycles. The second kappa shape index (κ2) is 10.7. The average molecular weight is 559 g/mol. The number of aromatic nitrogens is 1. The zero-order valence-corrected chi connectivity index (χ0v) is 22.5. The lowest BCUT2D eigenvalue weighted by Gasteiger charge is -2.23. The predicted octanol–water partition coefficient (Wildman–Crippen LogP) is 6.10. The lowest BCUT2D eigenvalue weighted by atomic mass is 9.95. The molecule has 2 heterocycles. The van der Waals surface area contributed by atoms with E-state index in [1.165, 1.54) is 19.2 Å². The van der Waals surface area contributed by atoms with Crippen LogP contribution < -0.4 is 9.64 Å². The molecule has 0 radical (unpaired) electrons. The van der Waals surface area contributed by atoms with E-state index in [9.17, 15) is 23.9 Å². The Labute approximate surface area is 232 Å². The van der Waals surface area contributed by atoms with E-state index < -0.39 is 35.3 Å². The van der Waals surface area contributed by atoms with Crippen LogP contribution in [0.4, 0.5) is 9.52 Å². The van der Waals surface area contributed by atoms with Gasteiger partial charge >= 0.3 is 11.9 Å². The number of anilines is 1. The molecule has 40 heavy (non-hydrogen) atoms. The molecule has 1 N–H and O–H groups in total. The summed E-state index contributed by atoms with van der Waals surface area (Å²) in [6.07, 6.45) is 0. The second-order valence-electron chi connectivity index (χ2n) is 9.02. The number of Topliss-reactive ketones (excluding diaryl/α,β-unsaturated/α-hetero) is 1. The van der Waals surface area contributed by atoms with Crippen molar-refractivity contribution >= 4 is 39.9 Å². The number of amides is 1. The Hall–Kier alpha value is -4.83. The number of halogens is 1. The monoisotopic (exact) mass is 558 g/mol. The molecule has 1 aliphatic rings. The van der Waals surface area contributed by atoms with Gasteiger partial charge in [-0.25, -0.2) is 14.2 Å². The van der Waals surface area contributed by atoms with Crippen LogP contribution in [0.25, 0.3) is 5.76 Å². The summed E-state index contributed by atoms with van der Waals surface area (Å²) in [5, 5.41) is 11.4. The normalized spacial score (nSPS) is 16.3. The number of ether oxygens (including phenoxy) is 2. The smallest absolute Gasteiger partial charge is 0.350 e. The summed E-state index contributed by atoms with van der Waals surface area (Å²) < 4.78 is 25.2. The number of aliphatic hydroxyl groups excluding tert-OH is 1. The number of ketones is 1. The van der Waals surface area contributed by atoms with E-state index >= 15 is 0 Å². The molecule has 4 aromatic rings. The van der Waals surface area contributed by atoms with E-state index in [1.54, 1.807) is 50.2 Å². The van der Waals surface area contributed by atoms with Crippen LogP contribution in [0.2, 0.25) is 0 Å². The van der Waals surface area contributed by atoms with Gasteiger partial charge in [-0.15, -0.1) is 0 Å². The van der Waals surface area contributed by atoms with Crippen molar-refractivity contribution in [1.29, 1.82) is 0 Å². The van der Waals surface area contributed by atoms with Crippen LogP contribution in [0.15, 0.2) is 78.4 Å². The van der Waals surface area contributed by atoms with Crippen LogP contribution in [-0.4, -0.2) is 34.9 Å². The number of carbonyl (C=O) groups is 3. The standard InChI is InChI=1S/C30H23FN2O6S/c1-16-12-13-19(15-22(16)31)25(34)23-24(18-8-7-11-21(14-18)39-20-9-5-4-6-10-20)33(28(36)26(23)35)30-32-17(2)27(40-30)29(37)38-3/h4-15,24,34H,1-3H3/b25-23+. The lowest BCUT2D eigenvalue weighted by Crippen LogP contribution is -2.29. The van der Waals surface area contributed by atoms with Gasteiger partial charge in [0.1, 0.15) is 28.0 Å². The molecule has 1 unspecified atom stereocenters. The van der Waals surface area contributed by atoms with Gasteiger partial charge in [-0.2, -0.15) is 0 Å². The Morgan fingerprint density at radius 1 is 1.00 bits per heavy atom. The molecular weight excluding hydrogens is 535 g/mol. The number of aliphatic hydroxyl groups is 1. The van der Waals surface area contributed by atoms with Crippen molar-refractivity contribution in [1.82, 2.24) is 4.98 Å². The number of esters is 1. The van der Waals surface area contributed by atoms with Crippen LogP contribution in [0, 0.1) is 19.7 Å². The first-order chi connectivity index (χ1) is 19.2. The third-order valence-electron chi connectivity index (χ3n) is 6.40. The molecule has 0 bridgehead atoms. The number of rotatable bonds is 6. The maximum Gasteiger partial charge on any atom is 0.350 e. The molecule has 1 fully saturated rings. The highest BCUT2D eigenvalue weighted by Gasteiger charge is 2.48. The summed E-state index contributed by atoms with van der Waals surface area (Å²) in [4.78, 5) is 44.9. The van der Waals surface area contributed by atoms with Crippen LogP contribution in [0.5, 0.6) is 11.5 Å². The Kier molecular flexibility index (Phi) is 7.19. The van der Waals surface area contributed by atoms with E-state index in [0.717, 1.165) is 22.3 Å². The zero-order chi connectivity index (χ0) is 28.6. The fraction of sp³-hybridized carbons (Fsp3) is 0.133. The van der Waals surface area contributed by atoms with Gasteiger partial charge in [0.05, 0.1) is 24.4 Å². The highest BCUT2D eigenvalue weighted by molar-refractivity contribution is 7.17. The maximum atomic E-state index is 14.4. The first-order valence-corrected chi connectivity index (χ1v) is 13.0. The summed E-state index contributed by atoms with van der Waals surface area (Å²) in [6.45, 7) is 3.15. The van der Waals surface area contributed by atoms with E-state index in [-0.39, 0.29) is 21.1 Å². The highest BCUT2D eigenvalue weighted by Crippen LogP contribution is 2.44. The topological polar surface area (TPSA) is 106 Å². The highest BCUT2D eigenvalue weighted by atomic mass is 32.1. The van der Waals surface area contributed by atoms with Gasteiger partial charge in [-0.1, -0.05) is 53.8 Å². The van der Waals surface area contributed by atoms with Gasteiger partial charge in [0, 0.05) is 5.56 Å². The molecule has 1 aromatic heterocycles. The summed E-state index contributed by atoms with van der Waals surface area (Å²) in [7, 11) is 1.23. The first kappa shape index (κ1) is 26.8. The minimum absolute atomic E-state index is 0.0355.